The molecule has 0 spiro atoms. The van der Waals surface area contributed by atoms with Crippen LogP contribution in [0.1, 0.15) is 12.5 Å². The number of benzene rings is 2. The average molecular weight is 322 g/mol. The number of rotatable bonds is 6. The van der Waals surface area contributed by atoms with Crippen molar-refractivity contribution in [2.75, 3.05) is 0 Å². The standard InChI is InChI=1S/C20H18O4/c1-4-19(21)23-13-15-5-7-16(8-6-15)17-9-11-18(12-10-17)24-20(22)14(2)3/h4-12H,1-2,13H2,3H3. The van der Waals surface area contributed by atoms with Crippen LogP contribution in [0.15, 0.2) is 73.3 Å². The maximum absolute atomic E-state index is 11.5. The van der Waals surface area contributed by atoms with Crippen molar-refractivity contribution >= 4 is 11.9 Å². The second-order valence-electron chi connectivity index (χ2n) is 5.20. The molecule has 4 heteroatoms. The molecule has 2 aromatic rings. The molecule has 0 saturated carbocycles. The Balaban J connectivity index is 2.03. The first-order valence-electron chi connectivity index (χ1n) is 7.36. The van der Waals surface area contributed by atoms with Gasteiger partial charge >= 0.3 is 11.9 Å². The SMILES string of the molecule is C=CC(=O)OCc1ccc(-c2ccc(OC(=O)C(=C)C)cc2)cc1. The van der Waals surface area contributed by atoms with E-state index >= 15 is 0 Å². The first kappa shape index (κ1) is 17.2. The third-order valence-corrected chi connectivity index (χ3v) is 3.25. The lowest BCUT2D eigenvalue weighted by Crippen LogP contribution is -2.07. The molecule has 0 N–H and O–H groups in total. The highest BCUT2D eigenvalue weighted by Gasteiger charge is 2.06. The summed E-state index contributed by atoms with van der Waals surface area (Å²) in [5, 5.41) is 0. The van der Waals surface area contributed by atoms with Gasteiger partial charge in [0.15, 0.2) is 0 Å². The van der Waals surface area contributed by atoms with Gasteiger partial charge in [-0.3, -0.25) is 0 Å². The molecule has 0 amide bonds. The van der Waals surface area contributed by atoms with Gasteiger partial charge in [0.1, 0.15) is 12.4 Å². The summed E-state index contributed by atoms with van der Waals surface area (Å²) >= 11 is 0. The Morgan fingerprint density at radius 1 is 1.00 bits per heavy atom. The minimum absolute atomic E-state index is 0.209. The summed E-state index contributed by atoms with van der Waals surface area (Å²) in [6, 6.07) is 14.9. The van der Waals surface area contributed by atoms with Crippen molar-refractivity contribution in [3.05, 3.63) is 78.9 Å². The van der Waals surface area contributed by atoms with Crippen LogP contribution in [-0.2, 0) is 20.9 Å². The van der Waals surface area contributed by atoms with E-state index in [2.05, 4.69) is 13.2 Å². The molecule has 0 atom stereocenters. The highest BCUT2D eigenvalue weighted by Crippen LogP contribution is 2.23. The minimum Gasteiger partial charge on any atom is -0.458 e. The lowest BCUT2D eigenvalue weighted by Gasteiger charge is -2.07. The van der Waals surface area contributed by atoms with E-state index in [9.17, 15) is 9.59 Å². The molecule has 0 fully saturated rings. The van der Waals surface area contributed by atoms with Crippen LogP contribution in [0, 0.1) is 0 Å². The Morgan fingerprint density at radius 3 is 2.04 bits per heavy atom. The van der Waals surface area contributed by atoms with Crippen molar-refractivity contribution in [2.24, 2.45) is 0 Å². The van der Waals surface area contributed by atoms with Gasteiger partial charge in [0.2, 0.25) is 0 Å². The van der Waals surface area contributed by atoms with Crippen molar-refractivity contribution in [3.8, 4) is 16.9 Å². The summed E-state index contributed by atoms with van der Waals surface area (Å²) in [5.41, 5.74) is 3.24. The maximum Gasteiger partial charge on any atom is 0.338 e. The summed E-state index contributed by atoms with van der Waals surface area (Å²) < 4.78 is 10.1. The van der Waals surface area contributed by atoms with Gasteiger partial charge in [-0.1, -0.05) is 49.6 Å². The summed E-state index contributed by atoms with van der Waals surface area (Å²) in [6.07, 6.45) is 1.14. The molecular weight excluding hydrogens is 304 g/mol. The van der Waals surface area contributed by atoms with Crippen LogP contribution in [0.4, 0.5) is 0 Å². The third kappa shape index (κ3) is 4.68. The van der Waals surface area contributed by atoms with Gasteiger partial charge in [0.25, 0.3) is 0 Å². The van der Waals surface area contributed by atoms with Crippen LogP contribution in [0.5, 0.6) is 5.75 Å². The largest absolute Gasteiger partial charge is 0.458 e. The number of carbonyl (C=O) groups is 2. The fourth-order valence-electron chi connectivity index (χ4n) is 1.92. The molecule has 0 bridgehead atoms. The van der Waals surface area contributed by atoms with Crippen molar-refractivity contribution < 1.29 is 19.1 Å². The van der Waals surface area contributed by atoms with Crippen LogP contribution in [-0.4, -0.2) is 11.9 Å². The summed E-state index contributed by atoms with van der Waals surface area (Å²) in [6.45, 7) is 8.71. The van der Waals surface area contributed by atoms with Gasteiger partial charge in [0.05, 0.1) is 0 Å². The number of esters is 2. The molecular formula is C20H18O4. The smallest absolute Gasteiger partial charge is 0.338 e. The second kappa shape index (κ2) is 7.92. The zero-order chi connectivity index (χ0) is 17.5. The number of hydrogen-bond acceptors (Lipinski definition) is 4. The Kier molecular flexibility index (Phi) is 5.68. The number of ether oxygens (including phenoxy) is 2. The van der Waals surface area contributed by atoms with E-state index in [1.807, 2.05) is 36.4 Å². The summed E-state index contributed by atoms with van der Waals surface area (Å²) in [7, 11) is 0. The number of carbonyl (C=O) groups excluding carboxylic acids is 2. The molecule has 0 aliphatic rings. The van der Waals surface area contributed by atoms with Crippen molar-refractivity contribution in [1.29, 1.82) is 0 Å². The zero-order valence-electron chi connectivity index (χ0n) is 13.5. The molecule has 0 aliphatic carbocycles. The highest BCUT2D eigenvalue weighted by atomic mass is 16.5. The van der Waals surface area contributed by atoms with Crippen LogP contribution >= 0.6 is 0 Å². The fourth-order valence-corrected chi connectivity index (χ4v) is 1.92. The molecule has 0 aromatic heterocycles. The van der Waals surface area contributed by atoms with E-state index in [0.29, 0.717) is 11.3 Å². The van der Waals surface area contributed by atoms with Gasteiger partial charge in [-0.2, -0.15) is 0 Å². The van der Waals surface area contributed by atoms with Gasteiger partial charge in [-0.25, -0.2) is 9.59 Å². The molecule has 2 rings (SSSR count). The van der Waals surface area contributed by atoms with Crippen molar-refractivity contribution in [3.63, 3.8) is 0 Å². The van der Waals surface area contributed by atoms with Gasteiger partial charge in [0, 0.05) is 11.6 Å². The van der Waals surface area contributed by atoms with Crippen LogP contribution in [0.3, 0.4) is 0 Å². The monoisotopic (exact) mass is 322 g/mol. The molecule has 24 heavy (non-hydrogen) atoms. The van der Waals surface area contributed by atoms with Crippen LogP contribution in [0.2, 0.25) is 0 Å². The van der Waals surface area contributed by atoms with E-state index in [1.165, 1.54) is 0 Å². The van der Waals surface area contributed by atoms with Gasteiger partial charge in [-0.05, 0) is 35.7 Å². The Labute approximate surface area is 141 Å². The summed E-state index contributed by atoms with van der Waals surface area (Å²) in [4.78, 5) is 22.5. The van der Waals surface area contributed by atoms with Crippen LogP contribution in [0.25, 0.3) is 11.1 Å². The fraction of sp³-hybridized carbons (Fsp3) is 0.100. The summed E-state index contributed by atoms with van der Waals surface area (Å²) in [5.74, 6) is -0.417. The van der Waals surface area contributed by atoms with E-state index in [1.54, 1.807) is 19.1 Å². The second-order valence-corrected chi connectivity index (χ2v) is 5.20. The van der Waals surface area contributed by atoms with E-state index in [0.717, 1.165) is 22.8 Å². The Hall–Kier alpha value is -3.14. The van der Waals surface area contributed by atoms with Crippen molar-refractivity contribution in [2.45, 2.75) is 13.5 Å². The lowest BCUT2D eigenvalue weighted by molar-refractivity contribution is -0.139. The normalized spacial score (nSPS) is 9.88. The van der Waals surface area contributed by atoms with Gasteiger partial charge in [-0.15, -0.1) is 0 Å². The predicted octanol–water partition coefficient (Wildman–Crippen LogP) is 4.06. The van der Waals surface area contributed by atoms with E-state index < -0.39 is 11.9 Å². The zero-order valence-corrected chi connectivity index (χ0v) is 13.5. The van der Waals surface area contributed by atoms with Crippen molar-refractivity contribution in [1.82, 2.24) is 0 Å². The molecule has 122 valence electrons. The average Bonchev–Trinajstić information content (AvgIpc) is 2.60. The van der Waals surface area contributed by atoms with Gasteiger partial charge < -0.3 is 9.47 Å². The van der Waals surface area contributed by atoms with E-state index in [4.69, 9.17) is 9.47 Å². The molecule has 4 nitrogen and oxygen atoms in total. The first-order chi connectivity index (χ1) is 11.5. The Morgan fingerprint density at radius 2 is 1.54 bits per heavy atom. The molecule has 0 radical (unpaired) electrons. The van der Waals surface area contributed by atoms with Crippen LogP contribution < -0.4 is 4.74 Å². The number of hydrogen-bond donors (Lipinski definition) is 0. The Bertz CT molecular complexity index is 755. The topological polar surface area (TPSA) is 52.6 Å². The molecule has 0 saturated heterocycles. The lowest BCUT2D eigenvalue weighted by atomic mass is 10.0. The quantitative estimate of drug-likeness (QED) is 0.457. The first-order valence-corrected chi connectivity index (χ1v) is 7.36. The third-order valence-electron chi connectivity index (χ3n) is 3.25. The highest BCUT2D eigenvalue weighted by molar-refractivity contribution is 5.88. The molecule has 0 aliphatic heterocycles. The van der Waals surface area contributed by atoms with E-state index in [-0.39, 0.29) is 6.61 Å². The molecule has 0 unspecified atom stereocenters. The molecule has 2 aromatic carbocycles. The maximum atomic E-state index is 11.5. The molecule has 0 heterocycles. The predicted molar refractivity (Wildman–Crippen MR) is 92.3 cm³/mol. The minimum atomic E-state index is -0.445.